The minimum Gasteiger partial charge on any atom is -0.375 e. The fraction of sp³-hybridized carbons (Fsp3) is 0.167. The molecule has 1 aromatic carbocycles. The Morgan fingerprint density at radius 3 is 2.71 bits per heavy atom. The van der Waals surface area contributed by atoms with E-state index in [9.17, 15) is 4.79 Å². The van der Waals surface area contributed by atoms with E-state index in [1.54, 1.807) is 5.38 Å². The van der Waals surface area contributed by atoms with Crippen LogP contribution in [-0.2, 0) is 11.2 Å². The zero-order valence-electron chi connectivity index (χ0n) is 9.43. The molecule has 0 aliphatic heterocycles. The number of aromatic nitrogens is 1. The Bertz CT molecular complexity index is 519. The van der Waals surface area contributed by atoms with Gasteiger partial charge in [-0.15, -0.1) is 11.3 Å². The predicted octanol–water partition coefficient (Wildman–Crippen LogP) is 2.21. The zero-order valence-corrected chi connectivity index (χ0v) is 10.3. The van der Waals surface area contributed by atoms with E-state index in [-0.39, 0.29) is 12.3 Å². The van der Waals surface area contributed by atoms with Crippen LogP contribution in [0.15, 0.2) is 29.6 Å². The molecule has 0 spiro atoms. The van der Waals surface area contributed by atoms with Gasteiger partial charge in [-0.3, -0.25) is 4.79 Å². The second kappa shape index (κ2) is 4.97. The number of thiazole rings is 1. The van der Waals surface area contributed by atoms with Gasteiger partial charge in [0.2, 0.25) is 5.91 Å². The van der Waals surface area contributed by atoms with Crippen LogP contribution >= 0.6 is 11.3 Å². The second-order valence-corrected chi connectivity index (χ2v) is 4.66. The lowest BCUT2D eigenvalue weighted by Gasteiger charge is -2.04. The van der Waals surface area contributed by atoms with Crippen molar-refractivity contribution in [3.05, 3.63) is 40.9 Å². The van der Waals surface area contributed by atoms with Crippen LogP contribution in [0.1, 0.15) is 11.3 Å². The normalized spacial score (nSPS) is 10.2. The molecule has 3 N–H and O–H groups in total. The van der Waals surface area contributed by atoms with Gasteiger partial charge in [-0.1, -0.05) is 17.7 Å². The summed E-state index contributed by atoms with van der Waals surface area (Å²) in [6, 6.07) is 7.66. The van der Waals surface area contributed by atoms with Crippen molar-refractivity contribution in [2.75, 3.05) is 11.1 Å². The van der Waals surface area contributed by atoms with Crippen molar-refractivity contribution in [2.45, 2.75) is 13.3 Å². The molecule has 5 heteroatoms. The smallest absolute Gasteiger partial charge is 0.230 e. The van der Waals surface area contributed by atoms with Gasteiger partial charge >= 0.3 is 0 Å². The molecule has 1 aromatic heterocycles. The minimum absolute atomic E-state index is 0.0841. The van der Waals surface area contributed by atoms with Gasteiger partial charge in [-0.25, -0.2) is 4.98 Å². The SMILES string of the molecule is Cc1ccc(NC(=O)Cc2csc(N)n2)cc1. The fourth-order valence-electron chi connectivity index (χ4n) is 1.41. The van der Waals surface area contributed by atoms with Gasteiger partial charge in [0, 0.05) is 11.1 Å². The maximum Gasteiger partial charge on any atom is 0.230 e. The molecule has 1 amide bonds. The van der Waals surface area contributed by atoms with Gasteiger partial charge in [0.25, 0.3) is 0 Å². The largest absolute Gasteiger partial charge is 0.375 e. The summed E-state index contributed by atoms with van der Waals surface area (Å²) in [4.78, 5) is 15.7. The number of anilines is 2. The first-order valence-electron chi connectivity index (χ1n) is 5.20. The average molecular weight is 247 g/mol. The van der Waals surface area contributed by atoms with Gasteiger partial charge in [0.05, 0.1) is 12.1 Å². The number of amides is 1. The number of nitrogens with zero attached hydrogens (tertiary/aromatic N) is 1. The monoisotopic (exact) mass is 247 g/mol. The third kappa shape index (κ3) is 3.29. The molecule has 0 unspecified atom stereocenters. The van der Waals surface area contributed by atoms with Crippen LogP contribution in [0.3, 0.4) is 0 Å². The van der Waals surface area contributed by atoms with Gasteiger partial charge in [0.15, 0.2) is 5.13 Å². The molecule has 0 saturated heterocycles. The molecule has 0 aliphatic rings. The molecule has 0 atom stereocenters. The van der Waals surface area contributed by atoms with Gasteiger partial charge in [-0.2, -0.15) is 0 Å². The first kappa shape index (κ1) is 11.6. The first-order chi connectivity index (χ1) is 8.13. The molecule has 0 fully saturated rings. The van der Waals surface area contributed by atoms with E-state index in [1.165, 1.54) is 11.3 Å². The molecule has 2 aromatic rings. The number of rotatable bonds is 3. The Kier molecular flexibility index (Phi) is 3.39. The number of hydrogen-bond acceptors (Lipinski definition) is 4. The van der Waals surface area contributed by atoms with Crippen molar-refractivity contribution in [1.29, 1.82) is 0 Å². The molecular formula is C12H13N3OS. The number of nitrogens with two attached hydrogens (primary N) is 1. The second-order valence-electron chi connectivity index (χ2n) is 3.77. The minimum atomic E-state index is -0.0841. The van der Waals surface area contributed by atoms with Gasteiger partial charge in [0.1, 0.15) is 0 Å². The first-order valence-corrected chi connectivity index (χ1v) is 6.08. The van der Waals surface area contributed by atoms with E-state index in [4.69, 9.17) is 5.73 Å². The summed E-state index contributed by atoms with van der Waals surface area (Å²) in [5, 5.41) is 5.10. The lowest BCUT2D eigenvalue weighted by atomic mass is 10.2. The number of benzene rings is 1. The van der Waals surface area contributed by atoms with Crippen LogP contribution in [-0.4, -0.2) is 10.9 Å². The van der Waals surface area contributed by atoms with Gasteiger partial charge in [-0.05, 0) is 19.1 Å². The Morgan fingerprint density at radius 2 is 2.12 bits per heavy atom. The van der Waals surface area contributed by atoms with E-state index in [2.05, 4.69) is 10.3 Å². The summed E-state index contributed by atoms with van der Waals surface area (Å²) in [5.74, 6) is -0.0841. The molecule has 0 radical (unpaired) electrons. The van der Waals surface area contributed by atoms with Crippen LogP contribution in [0.4, 0.5) is 10.8 Å². The molecule has 4 nitrogen and oxygen atoms in total. The molecule has 0 saturated carbocycles. The van der Waals surface area contributed by atoms with Crippen LogP contribution < -0.4 is 11.1 Å². The number of carbonyl (C=O) groups is 1. The maximum absolute atomic E-state index is 11.7. The molecule has 17 heavy (non-hydrogen) atoms. The van der Waals surface area contributed by atoms with Crippen molar-refractivity contribution in [1.82, 2.24) is 4.98 Å². The van der Waals surface area contributed by atoms with Crippen molar-refractivity contribution in [2.24, 2.45) is 0 Å². The highest BCUT2D eigenvalue weighted by Crippen LogP contribution is 2.13. The standard InChI is InChI=1S/C12H13N3OS/c1-8-2-4-9(5-3-8)14-11(16)6-10-7-17-12(13)15-10/h2-5,7H,6H2,1H3,(H2,13,15)(H,14,16). The molecule has 88 valence electrons. The summed E-state index contributed by atoms with van der Waals surface area (Å²) < 4.78 is 0. The lowest BCUT2D eigenvalue weighted by molar-refractivity contribution is -0.115. The predicted molar refractivity (Wildman–Crippen MR) is 70.0 cm³/mol. The number of carbonyl (C=O) groups excluding carboxylic acids is 1. The molecule has 0 bridgehead atoms. The summed E-state index contributed by atoms with van der Waals surface area (Å²) >= 11 is 1.34. The molecular weight excluding hydrogens is 234 g/mol. The quantitative estimate of drug-likeness (QED) is 0.873. The highest BCUT2D eigenvalue weighted by Gasteiger charge is 2.06. The lowest BCUT2D eigenvalue weighted by Crippen LogP contribution is -2.14. The molecule has 2 rings (SSSR count). The summed E-state index contributed by atoms with van der Waals surface area (Å²) in [5.41, 5.74) is 8.16. The third-order valence-electron chi connectivity index (χ3n) is 2.25. The Morgan fingerprint density at radius 1 is 1.41 bits per heavy atom. The van der Waals surface area contributed by atoms with E-state index in [1.807, 2.05) is 31.2 Å². The maximum atomic E-state index is 11.7. The van der Waals surface area contributed by atoms with Crippen LogP contribution in [0.2, 0.25) is 0 Å². The van der Waals surface area contributed by atoms with E-state index >= 15 is 0 Å². The summed E-state index contributed by atoms with van der Waals surface area (Å²) in [6.45, 7) is 2.00. The number of hydrogen-bond donors (Lipinski definition) is 2. The fourth-order valence-corrected chi connectivity index (χ4v) is 1.97. The van der Waals surface area contributed by atoms with E-state index in [0.717, 1.165) is 11.3 Å². The summed E-state index contributed by atoms with van der Waals surface area (Å²) in [6.07, 6.45) is 0.252. The highest BCUT2D eigenvalue weighted by molar-refractivity contribution is 7.13. The number of nitrogen functional groups attached to an aromatic ring is 1. The van der Waals surface area contributed by atoms with E-state index in [0.29, 0.717) is 10.8 Å². The molecule has 0 aliphatic carbocycles. The number of aryl methyl sites for hydroxylation is 1. The Labute approximate surface area is 103 Å². The van der Waals surface area contributed by atoms with Crippen molar-refractivity contribution >= 4 is 28.1 Å². The summed E-state index contributed by atoms with van der Waals surface area (Å²) in [7, 11) is 0. The topological polar surface area (TPSA) is 68.0 Å². The van der Waals surface area contributed by atoms with Crippen LogP contribution in [0, 0.1) is 6.92 Å². The van der Waals surface area contributed by atoms with Crippen molar-refractivity contribution in [3.63, 3.8) is 0 Å². The third-order valence-corrected chi connectivity index (χ3v) is 2.97. The van der Waals surface area contributed by atoms with Crippen LogP contribution in [0.5, 0.6) is 0 Å². The highest BCUT2D eigenvalue weighted by atomic mass is 32.1. The Hall–Kier alpha value is -1.88. The Balaban J connectivity index is 1.95. The zero-order chi connectivity index (χ0) is 12.3. The molecule has 1 heterocycles. The van der Waals surface area contributed by atoms with Crippen molar-refractivity contribution < 1.29 is 4.79 Å². The average Bonchev–Trinajstić information content (AvgIpc) is 2.67. The number of nitrogens with one attached hydrogen (secondary N) is 1. The van der Waals surface area contributed by atoms with Gasteiger partial charge < -0.3 is 11.1 Å². The van der Waals surface area contributed by atoms with Crippen LogP contribution in [0.25, 0.3) is 0 Å². The van der Waals surface area contributed by atoms with E-state index < -0.39 is 0 Å². The van der Waals surface area contributed by atoms with Crippen molar-refractivity contribution in [3.8, 4) is 0 Å².